The third kappa shape index (κ3) is 5.02. The molecule has 0 atom stereocenters. The molecule has 0 bridgehead atoms. The Kier molecular flexibility index (Phi) is 6.15. The summed E-state index contributed by atoms with van der Waals surface area (Å²) in [5, 5.41) is 3.36. The first kappa shape index (κ1) is 17.9. The van der Waals surface area contributed by atoms with Gasteiger partial charge in [0.2, 0.25) is 5.91 Å². The Morgan fingerprint density at radius 3 is 2.65 bits per heavy atom. The average molecular weight is 359 g/mol. The zero-order valence-electron chi connectivity index (χ0n) is 13.2. The molecular formula is C15H20ClFN4OS. The van der Waals surface area contributed by atoms with Gasteiger partial charge in [0.15, 0.2) is 5.11 Å². The van der Waals surface area contributed by atoms with E-state index in [4.69, 9.17) is 23.8 Å². The lowest BCUT2D eigenvalue weighted by molar-refractivity contribution is -0.132. The first-order chi connectivity index (χ1) is 10.9. The number of amides is 1. The molecular weight excluding hydrogens is 339 g/mol. The minimum Gasteiger partial charge on any atom is -0.343 e. The van der Waals surface area contributed by atoms with Crippen molar-refractivity contribution in [3.63, 3.8) is 0 Å². The van der Waals surface area contributed by atoms with Crippen molar-refractivity contribution in [2.45, 2.75) is 0 Å². The van der Waals surface area contributed by atoms with Gasteiger partial charge in [0, 0.05) is 38.9 Å². The minimum absolute atomic E-state index is 0.0222. The second kappa shape index (κ2) is 7.90. The van der Waals surface area contributed by atoms with Crippen molar-refractivity contribution in [3.05, 3.63) is 29.0 Å². The van der Waals surface area contributed by atoms with Gasteiger partial charge in [-0.3, -0.25) is 4.79 Å². The standard InChI is InChI=1S/C15H20ClFN4OS/c1-19-5-7-21(8-6-19)14(22)10-20(2)15(23)18-11-3-4-13(17)12(16)9-11/h3-4,9H,5-8,10H2,1-2H3,(H,18,23). The number of piperazine rings is 1. The Labute approximate surface area is 146 Å². The number of hydrogen-bond acceptors (Lipinski definition) is 3. The van der Waals surface area contributed by atoms with Crippen molar-refractivity contribution in [3.8, 4) is 0 Å². The lowest BCUT2D eigenvalue weighted by Crippen LogP contribution is -2.50. The van der Waals surface area contributed by atoms with Crippen LogP contribution in [0.2, 0.25) is 5.02 Å². The number of thiocarbonyl (C=S) groups is 1. The lowest BCUT2D eigenvalue weighted by Gasteiger charge is -2.33. The molecule has 1 aromatic carbocycles. The summed E-state index contributed by atoms with van der Waals surface area (Å²) in [7, 11) is 3.79. The van der Waals surface area contributed by atoms with Gasteiger partial charge in [-0.15, -0.1) is 0 Å². The number of carbonyl (C=O) groups excluding carboxylic acids is 1. The molecule has 5 nitrogen and oxygen atoms in total. The first-order valence-corrected chi connectivity index (χ1v) is 8.09. The fourth-order valence-corrected chi connectivity index (χ4v) is 2.59. The third-order valence-corrected chi connectivity index (χ3v) is 4.45. The SMILES string of the molecule is CN1CCN(C(=O)CN(C)C(=S)Nc2ccc(F)c(Cl)c2)CC1. The Hall–Kier alpha value is -1.44. The Morgan fingerprint density at radius 1 is 1.39 bits per heavy atom. The highest BCUT2D eigenvalue weighted by molar-refractivity contribution is 7.80. The number of nitrogens with zero attached hydrogens (tertiary/aromatic N) is 3. The molecule has 1 aliphatic rings. The molecule has 23 heavy (non-hydrogen) atoms. The van der Waals surface area contributed by atoms with Crippen LogP contribution in [0.3, 0.4) is 0 Å². The highest BCUT2D eigenvalue weighted by Crippen LogP contribution is 2.19. The summed E-state index contributed by atoms with van der Waals surface area (Å²) in [5.41, 5.74) is 0.584. The molecule has 1 saturated heterocycles. The van der Waals surface area contributed by atoms with E-state index in [1.165, 1.54) is 12.1 Å². The second-order valence-corrected chi connectivity index (χ2v) is 6.39. The van der Waals surface area contributed by atoms with Crippen LogP contribution in [0.15, 0.2) is 18.2 Å². The van der Waals surface area contributed by atoms with Crippen LogP contribution in [0, 0.1) is 5.82 Å². The quantitative estimate of drug-likeness (QED) is 0.835. The van der Waals surface area contributed by atoms with Crippen LogP contribution >= 0.6 is 23.8 Å². The summed E-state index contributed by atoms with van der Waals surface area (Å²) in [6.45, 7) is 3.43. The maximum atomic E-state index is 13.1. The van der Waals surface area contributed by atoms with Gasteiger partial charge in [0.25, 0.3) is 0 Å². The third-order valence-electron chi connectivity index (χ3n) is 3.75. The molecule has 1 aromatic rings. The number of benzene rings is 1. The molecule has 0 unspecified atom stereocenters. The highest BCUT2D eigenvalue weighted by atomic mass is 35.5. The fraction of sp³-hybridized carbons (Fsp3) is 0.467. The van der Waals surface area contributed by atoms with Gasteiger partial charge in [-0.25, -0.2) is 4.39 Å². The molecule has 1 fully saturated rings. The van der Waals surface area contributed by atoms with Crippen LogP contribution in [0.1, 0.15) is 0 Å². The Morgan fingerprint density at radius 2 is 2.04 bits per heavy atom. The van der Waals surface area contributed by atoms with Crippen molar-refractivity contribution < 1.29 is 9.18 Å². The molecule has 0 saturated carbocycles. The van der Waals surface area contributed by atoms with E-state index in [0.717, 1.165) is 26.2 Å². The number of halogens is 2. The summed E-state index contributed by atoms with van der Waals surface area (Å²) < 4.78 is 13.1. The average Bonchev–Trinajstić information content (AvgIpc) is 2.51. The maximum absolute atomic E-state index is 13.1. The van der Waals surface area contributed by atoms with Gasteiger partial charge >= 0.3 is 0 Å². The van der Waals surface area contributed by atoms with Gasteiger partial charge in [-0.2, -0.15) is 0 Å². The van der Waals surface area contributed by atoms with E-state index >= 15 is 0 Å². The van der Waals surface area contributed by atoms with Crippen molar-refractivity contribution >= 4 is 40.5 Å². The van der Waals surface area contributed by atoms with E-state index in [9.17, 15) is 9.18 Å². The van der Waals surface area contributed by atoms with E-state index in [0.29, 0.717) is 10.8 Å². The van der Waals surface area contributed by atoms with Gasteiger partial charge < -0.3 is 20.0 Å². The molecule has 8 heteroatoms. The molecule has 0 spiro atoms. The predicted octanol–water partition coefficient (Wildman–Crippen LogP) is 1.88. The molecule has 1 N–H and O–H groups in total. The summed E-state index contributed by atoms with van der Waals surface area (Å²) in [4.78, 5) is 18.0. The summed E-state index contributed by atoms with van der Waals surface area (Å²) in [6.07, 6.45) is 0. The van der Waals surface area contributed by atoms with Crippen molar-refractivity contribution in [2.24, 2.45) is 0 Å². The number of hydrogen-bond donors (Lipinski definition) is 1. The monoisotopic (exact) mass is 358 g/mol. The van der Waals surface area contributed by atoms with E-state index < -0.39 is 5.82 Å². The van der Waals surface area contributed by atoms with Crippen LogP contribution in [-0.4, -0.2) is 72.5 Å². The Balaban J connectivity index is 1.86. The Bertz CT molecular complexity index is 593. The van der Waals surface area contributed by atoms with Crippen LogP contribution in [0.25, 0.3) is 0 Å². The molecule has 1 heterocycles. The highest BCUT2D eigenvalue weighted by Gasteiger charge is 2.20. The topological polar surface area (TPSA) is 38.8 Å². The molecule has 0 aromatic heterocycles. The van der Waals surface area contributed by atoms with Crippen LogP contribution in [0.4, 0.5) is 10.1 Å². The molecule has 0 radical (unpaired) electrons. The predicted molar refractivity (Wildman–Crippen MR) is 94.3 cm³/mol. The number of anilines is 1. The molecule has 0 aliphatic carbocycles. The van der Waals surface area contributed by atoms with Crippen molar-refractivity contribution in [2.75, 3.05) is 52.1 Å². The van der Waals surface area contributed by atoms with Crippen LogP contribution in [0.5, 0.6) is 0 Å². The van der Waals surface area contributed by atoms with Crippen LogP contribution < -0.4 is 5.32 Å². The maximum Gasteiger partial charge on any atom is 0.242 e. The fourth-order valence-electron chi connectivity index (χ4n) is 2.22. The first-order valence-electron chi connectivity index (χ1n) is 7.30. The number of nitrogens with one attached hydrogen (secondary N) is 1. The lowest BCUT2D eigenvalue weighted by atomic mass is 10.3. The van der Waals surface area contributed by atoms with E-state index in [1.807, 2.05) is 11.9 Å². The van der Waals surface area contributed by atoms with Crippen molar-refractivity contribution in [1.82, 2.24) is 14.7 Å². The molecule has 1 aliphatic heterocycles. The van der Waals surface area contributed by atoms with Gasteiger partial charge in [0.05, 0.1) is 11.6 Å². The zero-order valence-corrected chi connectivity index (χ0v) is 14.8. The summed E-state index contributed by atoms with van der Waals surface area (Å²) >= 11 is 11.0. The summed E-state index contributed by atoms with van der Waals surface area (Å²) in [6, 6.07) is 4.27. The van der Waals surface area contributed by atoms with Crippen LogP contribution in [-0.2, 0) is 4.79 Å². The molecule has 126 valence electrons. The van der Waals surface area contributed by atoms with E-state index in [-0.39, 0.29) is 17.5 Å². The van der Waals surface area contributed by atoms with E-state index in [2.05, 4.69) is 10.2 Å². The minimum atomic E-state index is -0.485. The van der Waals surface area contributed by atoms with Gasteiger partial charge in [-0.1, -0.05) is 11.6 Å². The largest absolute Gasteiger partial charge is 0.343 e. The smallest absolute Gasteiger partial charge is 0.242 e. The summed E-state index contributed by atoms with van der Waals surface area (Å²) in [5.74, 6) is -0.441. The molecule has 2 rings (SSSR count). The van der Waals surface area contributed by atoms with E-state index in [1.54, 1.807) is 18.0 Å². The number of likely N-dealkylation sites (N-methyl/N-ethyl adjacent to an activating group) is 2. The zero-order chi connectivity index (χ0) is 17.0. The van der Waals surface area contributed by atoms with Crippen molar-refractivity contribution in [1.29, 1.82) is 0 Å². The number of carbonyl (C=O) groups is 1. The number of rotatable bonds is 3. The van der Waals surface area contributed by atoms with Gasteiger partial charge in [0.1, 0.15) is 5.82 Å². The normalized spacial score (nSPS) is 15.4. The molecule has 1 amide bonds. The second-order valence-electron chi connectivity index (χ2n) is 5.60. The van der Waals surface area contributed by atoms with Gasteiger partial charge in [-0.05, 0) is 37.5 Å².